The van der Waals surface area contributed by atoms with Crippen molar-refractivity contribution >= 4 is 5.69 Å². The van der Waals surface area contributed by atoms with E-state index >= 15 is 0 Å². The summed E-state index contributed by atoms with van der Waals surface area (Å²) in [6, 6.07) is 8.25. The minimum absolute atomic E-state index is 0.453. The lowest BCUT2D eigenvalue weighted by Gasteiger charge is -2.27. The summed E-state index contributed by atoms with van der Waals surface area (Å²) in [6.07, 6.45) is 1.11. The minimum atomic E-state index is 0.453. The number of hydrogen-bond acceptors (Lipinski definition) is 4. The van der Waals surface area contributed by atoms with E-state index in [1.54, 1.807) is 7.11 Å². The average molecular weight is 231 g/mol. The van der Waals surface area contributed by atoms with Gasteiger partial charge in [0.1, 0.15) is 11.8 Å². The van der Waals surface area contributed by atoms with Crippen LogP contribution in [0.15, 0.2) is 18.2 Å². The van der Waals surface area contributed by atoms with Gasteiger partial charge in [-0.15, -0.1) is 0 Å². The van der Waals surface area contributed by atoms with E-state index in [1.807, 2.05) is 25.2 Å². The first-order valence-corrected chi connectivity index (χ1v) is 5.78. The summed E-state index contributed by atoms with van der Waals surface area (Å²) in [5, 5.41) is 12.5. The highest BCUT2D eigenvalue weighted by Crippen LogP contribution is 2.27. The van der Waals surface area contributed by atoms with E-state index in [0.29, 0.717) is 11.6 Å². The highest BCUT2D eigenvalue weighted by Gasteiger charge is 2.21. The zero-order chi connectivity index (χ0) is 12.3. The molecule has 1 fully saturated rings. The molecule has 4 nitrogen and oxygen atoms in total. The molecule has 0 aliphatic carbocycles. The van der Waals surface area contributed by atoms with Gasteiger partial charge in [0, 0.05) is 25.7 Å². The number of likely N-dealkylation sites (N-methyl/N-ethyl adjacent to an activating group) is 1. The third-order valence-electron chi connectivity index (χ3n) is 3.29. The van der Waals surface area contributed by atoms with Crippen LogP contribution >= 0.6 is 0 Å². The number of rotatable bonds is 3. The van der Waals surface area contributed by atoms with E-state index in [1.165, 1.54) is 0 Å². The van der Waals surface area contributed by atoms with Gasteiger partial charge in [-0.2, -0.15) is 5.26 Å². The van der Waals surface area contributed by atoms with Crippen LogP contribution in [-0.2, 0) is 0 Å². The van der Waals surface area contributed by atoms with E-state index < -0.39 is 0 Å². The molecule has 0 bridgehead atoms. The predicted octanol–water partition coefficient (Wildman–Crippen LogP) is 1.36. The molecule has 17 heavy (non-hydrogen) atoms. The third-order valence-corrected chi connectivity index (χ3v) is 3.29. The van der Waals surface area contributed by atoms with Gasteiger partial charge in [0.25, 0.3) is 0 Å². The van der Waals surface area contributed by atoms with Crippen molar-refractivity contribution in [3.63, 3.8) is 0 Å². The summed E-state index contributed by atoms with van der Waals surface area (Å²) in [5.74, 6) is 0.789. The Hall–Kier alpha value is -1.73. The van der Waals surface area contributed by atoms with Crippen LogP contribution in [0, 0.1) is 11.3 Å². The molecule has 1 unspecified atom stereocenters. The number of ether oxygens (including phenoxy) is 1. The van der Waals surface area contributed by atoms with Gasteiger partial charge in [-0.1, -0.05) is 0 Å². The number of nitrogens with zero attached hydrogens (tertiary/aromatic N) is 2. The van der Waals surface area contributed by atoms with Gasteiger partial charge in [0.15, 0.2) is 0 Å². The normalized spacial score (nSPS) is 18.8. The highest BCUT2D eigenvalue weighted by molar-refractivity contribution is 5.62. The molecule has 1 heterocycles. The lowest BCUT2D eigenvalue weighted by atomic mass is 10.1. The van der Waals surface area contributed by atoms with E-state index in [-0.39, 0.29) is 0 Å². The summed E-state index contributed by atoms with van der Waals surface area (Å²) in [4.78, 5) is 2.17. The van der Waals surface area contributed by atoms with Crippen molar-refractivity contribution in [2.75, 3.05) is 32.1 Å². The number of methoxy groups -OCH3 is 1. The molecule has 1 saturated heterocycles. The summed E-state index contributed by atoms with van der Waals surface area (Å²) >= 11 is 0. The molecule has 0 spiro atoms. The summed E-state index contributed by atoms with van der Waals surface area (Å²) in [7, 11) is 3.68. The average Bonchev–Trinajstić information content (AvgIpc) is 2.91. The standard InChI is InChI=1S/C13H17N3O/c1-16(11-5-6-15-9-11)13-7-12(17-2)4-3-10(13)8-14/h3-4,7,11,15H,5-6,9H2,1-2H3. The number of nitriles is 1. The van der Waals surface area contributed by atoms with Crippen molar-refractivity contribution < 1.29 is 4.74 Å². The van der Waals surface area contributed by atoms with Crippen LogP contribution in [0.2, 0.25) is 0 Å². The summed E-state index contributed by atoms with van der Waals surface area (Å²) in [5.41, 5.74) is 1.64. The van der Waals surface area contributed by atoms with Crippen molar-refractivity contribution in [3.8, 4) is 11.8 Å². The molecule has 1 atom stereocenters. The molecule has 0 aromatic heterocycles. The van der Waals surface area contributed by atoms with Gasteiger partial charge in [0.2, 0.25) is 0 Å². The fraction of sp³-hybridized carbons (Fsp3) is 0.462. The zero-order valence-corrected chi connectivity index (χ0v) is 10.2. The molecule has 4 heteroatoms. The molecule has 1 N–H and O–H groups in total. The molecule has 1 aromatic carbocycles. The van der Waals surface area contributed by atoms with Crippen LogP contribution in [-0.4, -0.2) is 33.3 Å². The maximum atomic E-state index is 9.14. The van der Waals surface area contributed by atoms with Gasteiger partial charge in [-0.05, 0) is 25.1 Å². The highest BCUT2D eigenvalue weighted by atomic mass is 16.5. The number of benzene rings is 1. The molecule has 0 radical (unpaired) electrons. The van der Waals surface area contributed by atoms with E-state index in [2.05, 4.69) is 16.3 Å². The van der Waals surface area contributed by atoms with Gasteiger partial charge in [-0.25, -0.2) is 0 Å². The number of hydrogen-bond donors (Lipinski definition) is 1. The fourth-order valence-electron chi connectivity index (χ4n) is 2.19. The maximum absolute atomic E-state index is 9.14. The van der Waals surface area contributed by atoms with Crippen LogP contribution in [0.5, 0.6) is 5.75 Å². The van der Waals surface area contributed by atoms with Crippen molar-refractivity contribution in [2.45, 2.75) is 12.5 Å². The van der Waals surface area contributed by atoms with Gasteiger partial charge < -0.3 is 15.0 Å². The van der Waals surface area contributed by atoms with Crippen molar-refractivity contribution in [3.05, 3.63) is 23.8 Å². The summed E-state index contributed by atoms with van der Waals surface area (Å²) in [6.45, 7) is 2.01. The van der Waals surface area contributed by atoms with Crippen molar-refractivity contribution in [1.29, 1.82) is 5.26 Å². The molecule has 1 aromatic rings. The number of anilines is 1. The first kappa shape index (κ1) is 11.7. The Morgan fingerprint density at radius 1 is 1.53 bits per heavy atom. The first-order chi connectivity index (χ1) is 8.26. The van der Waals surface area contributed by atoms with Crippen LogP contribution < -0.4 is 15.0 Å². The van der Waals surface area contributed by atoms with Crippen LogP contribution in [0.3, 0.4) is 0 Å². The van der Waals surface area contributed by atoms with Crippen LogP contribution in [0.25, 0.3) is 0 Å². The Kier molecular flexibility index (Phi) is 3.50. The predicted molar refractivity (Wildman–Crippen MR) is 67.4 cm³/mol. The van der Waals surface area contributed by atoms with Gasteiger partial charge in [-0.3, -0.25) is 0 Å². The Labute approximate surface area is 102 Å². The van der Waals surface area contributed by atoms with E-state index in [0.717, 1.165) is 30.9 Å². The first-order valence-electron chi connectivity index (χ1n) is 5.78. The van der Waals surface area contributed by atoms with Gasteiger partial charge in [0.05, 0.1) is 18.4 Å². The molecule has 1 aliphatic heterocycles. The van der Waals surface area contributed by atoms with Crippen LogP contribution in [0.1, 0.15) is 12.0 Å². The van der Waals surface area contributed by atoms with Crippen molar-refractivity contribution in [2.24, 2.45) is 0 Å². The Morgan fingerprint density at radius 2 is 2.35 bits per heavy atom. The van der Waals surface area contributed by atoms with Crippen molar-refractivity contribution in [1.82, 2.24) is 5.32 Å². The molecule has 0 saturated carbocycles. The Balaban J connectivity index is 2.31. The third kappa shape index (κ3) is 2.34. The zero-order valence-electron chi connectivity index (χ0n) is 10.2. The maximum Gasteiger partial charge on any atom is 0.121 e. The van der Waals surface area contributed by atoms with Gasteiger partial charge >= 0.3 is 0 Å². The van der Waals surface area contributed by atoms with E-state index in [4.69, 9.17) is 10.00 Å². The smallest absolute Gasteiger partial charge is 0.121 e. The summed E-state index contributed by atoms with van der Waals surface area (Å²) < 4.78 is 5.22. The Bertz CT molecular complexity index is 433. The molecule has 2 rings (SSSR count). The van der Waals surface area contributed by atoms with E-state index in [9.17, 15) is 0 Å². The lowest BCUT2D eigenvalue weighted by Crippen LogP contribution is -2.33. The molecule has 90 valence electrons. The Morgan fingerprint density at radius 3 is 2.94 bits per heavy atom. The molecule has 0 amide bonds. The minimum Gasteiger partial charge on any atom is -0.497 e. The second-order valence-electron chi connectivity index (χ2n) is 4.25. The molecular weight excluding hydrogens is 214 g/mol. The lowest BCUT2D eigenvalue weighted by molar-refractivity contribution is 0.414. The topological polar surface area (TPSA) is 48.3 Å². The van der Waals surface area contributed by atoms with Crippen LogP contribution in [0.4, 0.5) is 5.69 Å². The quantitative estimate of drug-likeness (QED) is 0.853. The molecule has 1 aliphatic rings. The number of nitrogens with one attached hydrogen (secondary N) is 1. The molecular formula is C13H17N3O. The monoisotopic (exact) mass is 231 g/mol. The largest absolute Gasteiger partial charge is 0.497 e. The second-order valence-corrected chi connectivity index (χ2v) is 4.25. The second kappa shape index (κ2) is 5.07. The fourth-order valence-corrected chi connectivity index (χ4v) is 2.19. The SMILES string of the molecule is COc1ccc(C#N)c(N(C)C2CCNC2)c1.